The molecule has 0 radical (unpaired) electrons. The van der Waals surface area contributed by atoms with E-state index in [4.69, 9.17) is 9.97 Å². The second-order valence-electron chi connectivity index (χ2n) is 11.5. The van der Waals surface area contributed by atoms with Gasteiger partial charge < -0.3 is 0 Å². The molecule has 0 aliphatic carbocycles. The van der Waals surface area contributed by atoms with E-state index in [1.165, 1.54) is 11.1 Å². The Morgan fingerprint density at radius 1 is 0.319 bits per heavy atom. The van der Waals surface area contributed by atoms with E-state index in [0.717, 1.165) is 55.8 Å². The third kappa shape index (κ3) is 5.67. The van der Waals surface area contributed by atoms with Gasteiger partial charge in [0, 0.05) is 22.3 Å². The average Bonchev–Trinajstić information content (AvgIpc) is 3.16. The van der Waals surface area contributed by atoms with Gasteiger partial charge in [-0.25, -0.2) is 9.97 Å². The summed E-state index contributed by atoms with van der Waals surface area (Å²) in [6.45, 7) is 0. The molecule has 0 saturated carbocycles. The van der Waals surface area contributed by atoms with Gasteiger partial charge in [-0.1, -0.05) is 158 Å². The SMILES string of the molecule is c1ccc(-c2ccc(N(c3ccc(-c4ccccc4)cc3)c3nc(-c4ccccc4-c4ccccc4)c4ccccc4n3)cc2)cc1. The molecular formula is C44H31N3. The van der Waals surface area contributed by atoms with E-state index in [-0.39, 0.29) is 0 Å². The molecule has 0 aliphatic heterocycles. The van der Waals surface area contributed by atoms with E-state index < -0.39 is 0 Å². The van der Waals surface area contributed by atoms with Gasteiger partial charge in [0.05, 0.1) is 11.2 Å². The highest BCUT2D eigenvalue weighted by molar-refractivity contribution is 5.98. The van der Waals surface area contributed by atoms with Gasteiger partial charge in [0.2, 0.25) is 5.95 Å². The summed E-state index contributed by atoms with van der Waals surface area (Å²) < 4.78 is 0. The van der Waals surface area contributed by atoms with Crippen molar-refractivity contribution in [3.8, 4) is 44.6 Å². The van der Waals surface area contributed by atoms with E-state index in [1.807, 2.05) is 24.3 Å². The van der Waals surface area contributed by atoms with Gasteiger partial charge in [-0.15, -0.1) is 0 Å². The molecule has 0 bridgehead atoms. The van der Waals surface area contributed by atoms with Crippen LogP contribution >= 0.6 is 0 Å². The van der Waals surface area contributed by atoms with Crippen molar-refractivity contribution in [1.29, 1.82) is 0 Å². The van der Waals surface area contributed by atoms with Crippen molar-refractivity contribution < 1.29 is 0 Å². The van der Waals surface area contributed by atoms with E-state index in [9.17, 15) is 0 Å². The highest BCUT2D eigenvalue weighted by Crippen LogP contribution is 2.40. The largest absolute Gasteiger partial charge is 0.279 e. The van der Waals surface area contributed by atoms with Gasteiger partial charge in [0.15, 0.2) is 0 Å². The molecule has 1 heterocycles. The number of benzene rings is 7. The summed E-state index contributed by atoms with van der Waals surface area (Å²) in [4.78, 5) is 12.7. The lowest BCUT2D eigenvalue weighted by Crippen LogP contribution is -2.14. The van der Waals surface area contributed by atoms with E-state index >= 15 is 0 Å². The Bertz CT molecular complexity index is 2180. The van der Waals surface area contributed by atoms with Gasteiger partial charge in [-0.3, -0.25) is 4.90 Å². The van der Waals surface area contributed by atoms with Crippen molar-refractivity contribution in [2.75, 3.05) is 4.90 Å². The Kier molecular flexibility index (Phi) is 7.54. The van der Waals surface area contributed by atoms with Gasteiger partial charge in [-0.05, 0) is 63.7 Å². The molecule has 0 aliphatic rings. The minimum absolute atomic E-state index is 0.612. The zero-order valence-corrected chi connectivity index (χ0v) is 25.7. The second kappa shape index (κ2) is 12.6. The van der Waals surface area contributed by atoms with E-state index in [2.05, 4.69) is 169 Å². The number of rotatable bonds is 7. The molecule has 0 amide bonds. The molecule has 222 valence electrons. The predicted octanol–water partition coefficient (Wildman–Crippen LogP) is 11.8. The van der Waals surface area contributed by atoms with Crippen molar-refractivity contribution in [1.82, 2.24) is 9.97 Å². The summed E-state index contributed by atoms with van der Waals surface area (Å²) in [5.41, 5.74) is 11.8. The maximum Gasteiger partial charge on any atom is 0.235 e. The Morgan fingerprint density at radius 2 is 0.745 bits per heavy atom. The molecule has 0 unspecified atom stereocenters. The van der Waals surface area contributed by atoms with Crippen LogP contribution in [0.25, 0.3) is 55.5 Å². The summed E-state index contributed by atoms with van der Waals surface area (Å²) in [7, 11) is 0. The lowest BCUT2D eigenvalue weighted by molar-refractivity contribution is 1.11. The van der Waals surface area contributed by atoms with Crippen LogP contribution in [0.15, 0.2) is 188 Å². The molecule has 7 aromatic carbocycles. The standard InChI is InChI=1S/C44H31N3/c1-4-14-32(15-5-1)34-24-28-37(29-25-34)47(38-30-26-35(27-31-38)33-16-6-2-7-17-33)44-45-42-23-13-12-22-41(42)43(46-44)40-21-11-10-20-39(40)36-18-8-3-9-19-36/h1-31H. The first kappa shape index (κ1) is 28.2. The van der Waals surface area contributed by atoms with Gasteiger partial charge >= 0.3 is 0 Å². The molecule has 0 fully saturated rings. The fourth-order valence-electron chi connectivity index (χ4n) is 6.18. The van der Waals surface area contributed by atoms with Crippen LogP contribution in [0.1, 0.15) is 0 Å². The number of hydrogen-bond acceptors (Lipinski definition) is 3. The number of nitrogens with zero attached hydrogens (tertiary/aromatic N) is 3. The Hall–Kier alpha value is -6.32. The minimum atomic E-state index is 0.612. The predicted molar refractivity (Wildman–Crippen MR) is 196 cm³/mol. The normalized spacial score (nSPS) is 11.0. The van der Waals surface area contributed by atoms with E-state index in [0.29, 0.717) is 5.95 Å². The van der Waals surface area contributed by atoms with Gasteiger partial charge in [0.1, 0.15) is 0 Å². The smallest absolute Gasteiger partial charge is 0.235 e. The monoisotopic (exact) mass is 601 g/mol. The van der Waals surface area contributed by atoms with Crippen molar-refractivity contribution in [3.05, 3.63) is 188 Å². The maximum absolute atomic E-state index is 5.39. The molecular weight excluding hydrogens is 571 g/mol. The molecule has 8 rings (SSSR count). The molecule has 8 aromatic rings. The summed E-state index contributed by atoms with van der Waals surface area (Å²) in [6.07, 6.45) is 0. The minimum Gasteiger partial charge on any atom is -0.279 e. The van der Waals surface area contributed by atoms with Crippen LogP contribution in [0.3, 0.4) is 0 Å². The average molecular weight is 602 g/mol. The fourth-order valence-corrected chi connectivity index (χ4v) is 6.18. The van der Waals surface area contributed by atoms with Crippen molar-refractivity contribution in [2.45, 2.75) is 0 Å². The number of anilines is 3. The van der Waals surface area contributed by atoms with Crippen LogP contribution in [0.4, 0.5) is 17.3 Å². The summed E-state index contributed by atoms with van der Waals surface area (Å²) in [6, 6.07) is 65.5. The molecule has 3 heteroatoms. The molecule has 3 nitrogen and oxygen atoms in total. The van der Waals surface area contributed by atoms with E-state index in [1.54, 1.807) is 0 Å². The second-order valence-corrected chi connectivity index (χ2v) is 11.5. The first-order valence-electron chi connectivity index (χ1n) is 15.8. The van der Waals surface area contributed by atoms with Crippen molar-refractivity contribution in [2.24, 2.45) is 0 Å². The lowest BCUT2D eigenvalue weighted by Gasteiger charge is -2.25. The number of aromatic nitrogens is 2. The van der Waals surface area contributed by atoms with Crippen LogP contribution in [0.2, 0.25) is 0 Å². The zero-order valence-electron chi connectivity index (χ0n) is 25.7. The Morgan fingerprint density at radius 3 is 1.30 bits per heavy atom. The molecule has 1 aromatic heterocycles. The molecule has 0 N–H and O–H groups in total. The molecule has 47 heavy (non-hydrogen) atoms. The summed E-state index contributed by atoms with van der Waals surface area (Å²) >= 11 is 0. The number of para-hydroxylation sites is 1. The summed E-state index contributed by atoms with van der Waals surface area (Å²) in [5.74, 6) is 0.612. The first-order valence-corrected chi connectivity index (χ1v) is 15.8. The molecule has 0 atom stereocenters. The van der Waals surface area contributed by atoms with Crippen LogP contribution in [-0.4, -0.2) is 9.97 Å². The van der Waals surface area contributed by atoms with Crippen LogP contribution in [0, 0.1) is 0 Å². The maximum atomic E-state index is 5.39. The van der Waals surface area contributed by atoms with Crippen LogP contribution in [-0.2, 0) is 0 Å². The van der Waals surface area contributed by atoms with Crippen molar-refractivity contribution >= 4 is 28.2 Å². The van der Waals surface area contributed by atoms with Crippen LogP contribution < -0.4 is 4.90 Å². The van der Waals surface area contributed by atoms with Crippen molar-refractivity contribution in [3.63, 3.8) is 0 Å². The van der Waals surface area contributed by atoms with Gasteiger partial charge in [-0.2, -0.15) is 0 Å². The number of fused-ring (bicyclic) bond motifs is 1. The Balaban J connectivity index is 1.31. The first-order chi connectivity index (χ1) is 23.3. The highest BCUT2D eigenvalue weighted by Gasteiger charge is 2.20. The molecule has 0 saturated heterocycles. The third-order valence-corrected chi connectivity index (χ3v) is 8.52. The summed E-state index contributed by atoms with van der Waals surface area (Å²) in [5, 5.41) is 1.01. The fraction of sp³-hybridized carbons (Fsp3) is 0. The molecule has 0 spiro atoms. The topological polar surface area (TPSA) is 29.0 Å². The van der Waals surface area contributed by atoms with Crippen LogP contribution in [0.5, 0.6) is 0 Å². The quantitative estimate of drug-likeness (QED) is 0.182. The zero-order chi connectivity index (χ0) is 31.4. The number of hydrogen-bond donors (Lipinski definition) is 0. The highest BCUT2D eigenvalue weighted by atomic mass is 15.3. The van der Waals surface area contributed by atoms with Gasteiger partial charge in [0.25, 0.3) is 0 Å². The Labute approximate surface area is 275 Å². The third-order valence-electron chi connectivity index (χ3n) is 8.52. The lowest BCUT2D eigenvalue weighted by atomic mass is 9.96.